The molecule has 1 atom stereocenters. The van der Waals surface area contributed by atoms with Crippen LogP contribution < -0.4 is 0 Å². The van der Waals surface area contributed by atoms with Gasteiger partial charge in [0.25, 0.3) is 5.91 Å². The normalized spacial score (nSPS) is 19.2. The molecule has 0 saturated carbocycles. The number of carbonyl (C=O) groups excluding carboxylic acids is 1. The lowest BCUT2D eigenvalue weighted by Gasteiger charge is -2.40. The number of aromatic amines is 1. The summed E-state index contributed by atoms with van der Waals surface area (Å²) in [5.41, 5.74) is 4.72. The molecule has 1 aromatic heterocycles. The molecule has 1 amide bonds. The highest BCUT2D eigenvalue weighted by Gasteiger charge is 2.41. The van der Waals surface area contributed by atoms with E-state index in [9.17, 15) is 9.18 Å². The fourth-order valence-electron chi connectivity index (χ4n) is 4.22. The molecule has 1 N–H and O–H groups in total. The molecule has 0 spiro atoms. The molecule has 3 heterocycles. The summed E-state index contributed by atoms with van der Waals surface area (Å²) in [7, 11) is 0. The van der Waals surface area contributed by atoms with Crippen LogP contribution in [0.5, 0.6) is 0 Å². The highest BCUT2D eigenvalue weighted by Crippen LogP contribution is 2.39. The zero-order valence-corrected chi connectivity index (χ0v) is 14.7. The van der Waals surface area contributed by atoms with Crippen LogP contribution in [-0.2, 0) is 6.54 Å². The number of benzene rings is 2. The van der Waals surface area contributed by atoms with Gasteiger partial charge in [0.15, 0.2) is 0 Å². The molecular formula is C21H19FN4O. The van der Waals surface area contributed by atoms with E-state index in [4.69, 9.17) is 0 Å². The SMILES string of the molecule is O=C1c2ccccc2C2N(Cc3cn[nH]c3-c3ccc(F)cc3)CCCN12. The van der Waals surface area contributed by atoms with Crippen molar-refractivity contribution in [3.05, 3.63) is 77.2 Å². The Hall–Kier alpha value is -2.99. The van der Waals surface area contributed by atoms with Gasteiger partial charge >= 0.3 is 0 Å². The molecule has 1 saturated heterocycles. The fourth-order valence-corrected chi connectivity index (χ4v) is 4.22. The topological polar surface area (TPSA) is 52.2 Å². The van der Waals surface area contributed by atoms with Crippen molar-refractivity contribution in [2.24, 2.45) is 0 Å². The second-order valence-electron chi connectivity index (χ2n) is 7.06. The average molecular weight is 362 g/mol. The minimum Gasteiger partial charge on any atom is -0.319 e. The lowest BCUT2D eigenvalue weighted by molar-refractivity contribution is 0.0125. The van der Waals surface area contributed by atoms with Crippen molar-refractivity contribution in [1.82, 2.24) is 20.0 Å². The monoisotopic (exact) mass is 362 g/mol. The van der Waals surface area contributed by atoms with Crippen molar-refractivity contribution in [2.75, 3.05) is 13.1 Å². The summed E-state index contributed by atoms with van der Waals surface area (Å²) < 4.78 is 13.3. The molecule has 1 unspecified atom stereocenters. The molecule has 6 heteroatoms. The first kappa shape index (κ1) is 16.2. The minimum atomic E-state index is -0.257. The summed E-state index contributed by atoms with van der Waals surface area (Å²) in [5, 5.41) is 7.24. The zero-order valence-electron chi connectivity index (χ0n) is 14.7. The molecule has 2 aliphatic heterocycles. The Morgan fingerprint density at radius 3 is 2.78 bits per heavy atom. The lowest BCUT2D eigenvalue weighted by atomic mass is 10.0. The van der Waals surface area contributed by atoms with E-state index in [0.29, 0.717) is 6.54 Å². The van der Waals surface area contributed by atoms with Gasteiger partial charge in [-0.15, -0.1) is 0 Å². The smallest absolute Gasteiger partial charge is 0.255 e. The van der Waals surface area contributed by atoms with Gasteiger partial charge in [-0.2, -0.15) is 5.10 Å². The van der Waals surface area contributed by atoms with Gasteiger partial charge in [0.1, 0.15) is 12.0 Å². The van der Waals surface area contributed by atoms with E-state index >= 15 is 0 Å². The largest absolute Gasteiger partial charge is 0.319 e. The minimum absolute atomic E-state index is 0.0292. The second-order valence-corrected chi connectivity index (χ2v) is 7.06. The van der Waals surface area contributed by atoms with Crippen molar-refractivity contribution >= 4 is 5.91 Å². The third-order valence-corrected chi connectivity index (χ3v) is 5.44. The molecular weight excluding hydrogens is 343 g/mol. The number of hydrogen-bond acceptors (Lipinski definition) is 3. The first-order valence-corrected chi connectivity index (χ1v) is 9.14. The maximum absolute atomic E-state index is 13.3. The van der Waals surface area contributed by atoms with Gasteiger partial charge in [0.05, 0.1) is 11.9 Å². The molecule has 2 aromatic carbocycles. The summed E-state index contributed by atoms with van der Waals surface area (Å²) in [4.78, 5) is 17.0. The lowest BCUT2D eigenvalue weighted by Crippen LogP contribution is -2.45. The number of nitrogens with zero attached hydrogens (tertiary/aromatic N) is 3. The Labute approximate surface area is 156 Å². The maximum Gasteiger partial charge on any atom is 0.255 e. The number of nitrogens with one attached hydrogen (secondary N) is 1. The van der Waals surface area contributed by atoms with Crippen molar-refractivity contribution in [2.45, 2.75) is 19.1 Å². The van der Waals surface area contributed by atoms with Gasteiger partial charge < -0.3 is 4.90 Å². The Bertz CT molecular complexity index is 997. The van der Waals surface area contributed by atoms with Crippen LogP contribution in [0, 0.1) is 5.82 Å². The van der Waals surface area contributed by atoms with Crippen LogP contribution in [0.1, 0.15) is 34.1 Å². The van der Waals surface area contributed by atoms with Gasteiger partial charge in [-0.25, -0.2) is 4.39 Å². The van der Waals surface area contributed by atoms with Gasteiger partial charge in [-0.3, -0.25) is 14.8 Å². The molecule has 0 radical (unpaired) electrons. The van der Waals surface area contributed by atoms with Crippen LogP contribution in [-0.4, -0.2) is 39.0 Å². The predicted octanol–water partition coefficient (Wildman–Crippen LogP) is 3.58. The van der Waals surface area contributed by atoms with Crippen LogP contribution in [0.15, 0.2) is 54.7 Å². The third-order valence-electron chi connectivity index (χ3n) is 5.44. The van der Waals surface area contributed by atoms with Crippen molar-refractivity contribution in [3.63, 3.8) is 0 Å². The van der Waals surface area contributed by atoms with Crippen LogP contribution >= 0.6 is 0 Å². The number of hydrogen-bond donors (Lipinski definition) is 1. The summed E-state index contributed by atoms with van der Waals surface area (Å²) in [6, 6.07) is 14.3. The Morgan fingerprint density at radius 1 is 1.11 bits per heavy atom. The number of rotatable bonds is 3. The standard InChI is InChI=1S/C21H19FN4O/c22-16-8-6-14(7-9-16)19-15(12-23-24-19)13-25-10-3-11-26-20(25)17-4-1-2-5-18(17)21(26)27/h1-2,4-9,12,20H,3,10-11,13H2,(H,23,24). The van der Waals surface area contributed by atoms with Crippen molar-refractivity contribution in [1.29, 1.82) is 0 Å². The summed E-state index contributed by atoms with van der Waals surface area (Å²) in [5.74, 6) is -0.140. The van der Waals surface area contributed by atoms with Crippen LogP contribution in [0.4, 0.5) is 4.39 Å². The van der Waals surface area contributed by atoms with E-state index in [0.717, 1.165) is 47.5 Å². The van der Waals surface area contributed by atoms with Crippen LogP contribution in [0.2, 0.25) is 0 Å². The number of aromatic nitrogens is 2. The molecule has 136 valence electrons. The number of carbonyl (C=O) groups is 1. The first-order chi connectivity index (χ1) is 13.2. The molecule has 0 bridgehead atoms. The van der Waals surface area contributed by atoms with Crippen molar-refractivity contribution in [3.8, 4) is 11.3 Å². The summed E-state index contributed by atoms with van der Waals surface area (Å²) in [6.07, 6.45) is 2.73. The molecule has 1 fully saturated rings. The maximum atomic E-state index is 13.3. The van der Waals surface area contributed by atoms with E-state index < -0.39 is 0 Å². The fraction of sp³-hybridized carbons (Fsp3) is 0.238. The van der Waals surface area contributed by atoms with E-state index in [-0.39, 0.29) is 17.9 Å². The van der Waals surface area contributed by atoms with E-state index in [1.54, 1.807) is 12.1 Å². The predicted molar refractivity (Wildman–Crippen MR) is 99.2 cm³/mol. The van der Waals surface area contributed by atoms with Gasteiger partial charge in [-0.1, -0.05) is 18.2 Å². The molecule has 5 nitrogen and oxygen atoms in total. The van der Waals surface area contributed by atoms with E-state index in [2.05, 4.69) is 15.1 Å². The molecule has 3 aromatic rings. The van der Waals surface area contributed by atoms with Crippen LogP contribution in [0.3, 0.4) is 0 Å². The Balaban J connectivity index is 1.48. The Kier molecular flexibility index (Phi) is 3.79. The average Bonchev–Trinajstić information content (AvgIpc) is 3.27. The molecule has 0 aliphatic carbocycles. The van der Waals surface area contributed by atoms with Gasteiger partial charge in [-0.05, 0) is 36.8 Å². The molecule has 2 aliphatic rings. The molecule has 27 heavy (non-hydrogen) atoms. The highest BCUT2D eigenvalue weighted by molar-refractivity contribution is 5.99. The number of H-pyrrole nitrogens is 1. The van der Waals surface area contributed by atoms with Gasteiger partial charge in [0, 0.05) is 41.9 Å². The zero-order chi connectivity index (χ0) is 18.4. The first-order valence-electron chi connectivity index (χ1n) is 9.14. The molecule has 5 rings (SSSR count). The number of fused-ring (bicyclic) bond motifs is 3. The van der Waals surface area contributed by atoms with Gasteiger partial charge in [0.2, 0.25) is 0 Å². The summed E-state index contributed by atoms with van der Waals surface area (Å²) >= 11 is 0. The highest BCUT2D eigenvalue weighted by atomic mass is 19.1. The van der Waals surface area contributed by atoms with E-state index in [1.165, 1.54) is 12.1 Å². The van der Waals surface area contributed by atoms with E-state index in [1.807, 2.05) is 35.4 Å². The Morgan fingerprint density at radius 2 is 1.93 bits per heavy atom. The van der Waals surface area contributed by atoms with Crippen LogP contribution in [0.25, 0.3) is 11.3 Å². The number of halogens is 1. The number of amides is 1. The third kappa shape index (κ3) is 2.64. The summed E-state index contributed by atoms with van der Waals surface area (Å²) in [6.45, 7) is 2.37. The quantitative estimate of drug-likeness (QED) is 0.775. The second kappa shape index (κ2) is 6.32. The van der Waals surface area contributed by atoms with Crippen molar-refractivity contribution < 1.29 is 9.18 Å².